The highest BCUT2D eigenvalue weighted by Gasteiger charge is 2.37. The second kappa shape index (κ2) is 11.0. The number of thiophene rings is 1. The van der Waals surface area contributed by atoms with Crippen LogP contribution in [0.1, 0.15) is 25.0 Å². The van der Waals surface area contributed by atoms with Crippen LogP contribution in [0.15, 0.2) is 170 Å². The molecule has 0 unspecified atom stereocenters. The van der Waals surface area contributed by atoms with Crippen LogP contribution in [0.25, 0.3) is 97.0 Å². The van der Waals surface area contributed by atoms with Gasteiger partial charge in [0.25, 0.3) is 0 Å². The van der Waals surface area contributed by atoms with E-state index in [9.17, 15) is 0 Å². The topological polar surface area (TPSA) is 0 Å². The van der Waals surface area contributed by atoms with Gasteiger partial charge in [-0.15, -0.1) is 11.3 Å². The van der Waals surface area contributed by atoms with Crippen LogP contribution in [0.3, 0.4) is 0 Å². The Morgan fingerprint density at radius 1 is 0.365 bits per heavy atom. The van der Waals surface area contributed by atoms with Gasteiger partial charge < -0.3 is 0 Å². The summed E-state index contributed by atoms with van der Waals surface area (Å²) in [6.45, 7) is 4.76. The van der Waals surface area contributed by atoms with Crippen LogP contribution in [0.5, 0.6) is 0 Å². The Morgan fingerprint density at radius 2 is 0.923 bits per heavy atom. The number of benzene rings is 9. The highest BCUT2D eigenvalue weighted by atomic mass is 32.1. The van der Waals surface area contributed by atoms with Crippen molar-refractivity contribution in [3.05, 3.63) is 181 Å². The summed E-state index contributed by atoms with van der Waals surface area (Å²) in [6.07, 6.45) is 0. The third kappa shape index (κ3) is 4.09. The van der Waals surface area contributed by atoms with Gasteiger partial charge in [-0.1, -0.05) is 172 Å². The third-order valence-corrected chi connectivity index (χ3v) is 12.9. The monoisotopic (exact) mass is 678 g/mol. The van der Waals surface area contributed by atoms with E-state index >= 15 is 0 Å². The van der Waals surface area contributed by atoms with Gasteiger partial charge in [-0.3, -0.25) is 0 Å². The fraction of sp³-hybridized carbons (Fsp3) is 0.0588. The molecule has 0 aliphatic heterocycles. The molecule has 1 aliphatic rings. The van der Waals surface area contributed by atoms with Crippen LogP contribution >= 0.6 is 11.3 Å². The van der Waals surface area contributed by atoms with Gasteiger partial charge in [0.15, 0.2) is 0 Å². The quantitative estimate of drug-likeness (QED) is 0.163. The van der Waals surface area contributed by atoms with Crippen molar-refractivity contribution in [1.29, 1.82) is 0 Å². The average molecular weight is 679 g/mol. The van der Waals surface area contributed by atoms with Crippen LogP contribution in [0.2, 0.25) is 0 Å². The van der Waals surface area contributed by atoms with Crippen molar-refractivity contribution in [1.82, 2.24) is 0 Å². The number of rotatable bonds is 3. The summed E-state index contributed by atoms with van der Waals surface area (Å²) in [7, 11) is 0. The molecule has 0 bridgehead atoms. The number of hydrogen-bond acceptors (Lipinski definition) is 1. The lowest BCUT2D eigenvalue weighted by Gasteiger charge is -2.22. The predicted molar refractivity (Wildman–Crippen MR) is 226 cm³/mol. The van der Waals surface area contributed by atoms with E-state index in [1.165, 1.54) is 108 Å². The average Bonchev–Trinajstić information content (AvgIpc) is 3.69. The summed E-state index contributed by atoms with van der Waals surface area (Å²) in [5.41, 5.74) is 13.2. The Hall–Kier alpha value is -6.02. The minimum atomic E-state index is -0.0815. The fourth-order valence-corrected chi connectivity index (χ4v) is 10.5. The summed E-state index contributed by atoms with van der Waals surface area (Å²) in [4.78, 5) is 0. The first-order valence-electron chi connectivity index (χ1n) is 18.2. The first-order chi connectivity index (χ1) is 25.6. The zero-order valence-corrected chi connectivity index (χ0v) is 29.9. The van der Waals surface area contributed by atoms with E-state index in [2.05, 4.69) is 184 Å². The first-order valence-corrected chi connectivity index (χ1v) is 19.0. The van der Waals surface area contributed by atoms with E-state index in [1.807, 2.05) is 11.3 Å². The Kier molecular flexibility index (Phi) is 6.27. The minimum Gasteiger partial charge on any atom is -0.135 e. The van der Waals surface area contributed by atoms with E-state index < -0.39 is 0 Å². The summed E-state index contributed by atoms with van der Waals surface area (Å²) < 4.78 is 2.68. The molecule has 10 aromatic rings. The predicted octanol–water partition coefficient (Wildman–Crippen LogP) is 14.8. The molecule has 52 heavy (non-hydrogen) atoms. The van der Waals surface area contributed by atoms with E-state index in [1.54, 1.807) is 0 Å². The maximum atomic E-state index is 2.44. The fourth-order valence-electron chi connectivity index (χ4n) is 9.31. The molecule has 244 valence electrons. The molecular formula is C51H34S. The molecule has 0 nitrogen and oxygen atoms in total. The van der Waals surface area contributed by atoms with E-state index in [4.69, 9.17) is 0 Å². The molecule has 0 N–H and O–H groups in total. The number of fused-ring (bicyclic) bond motifs is 10. The van der Waals surface area contributed by atoms with Crippen LogP contribution in [-0.4, -0.2) is 0 Å². The SMILES string of the molecule is CC1(C)c2cccc(-c3cccc(-c4c5ccccc5c(-c5cccc6c5sc5ccccc56)c5ccccc45)c3)c2-c2c1ccc1ccccc21. The molecule has 0 radical (unpaired) electrons. The highest BCUT2D eigenvalue weighted by Crippen LogP contribution is 2.55. The van der Waals surface area contributed by atoms with Crippen molar-refractivity contribution in [3.8, 4) is 44.5 Å². The highest BCUT2D eigenvalue weighted by molar-refractivity contribution is 7.26. The van der Waals surface area contributed by atoms with Crippen molar-refractivity contribution in [3.63, 3.8) is 0 Å². The van der Waals surface area contributed by atoms with Crippen molar-refractivity contribution >= 4 is 63.8 Å². The molecule has 1 heterocycles. The summed E-state index contributed by atoms with van der Waals surface area (Å²) >= 11 is 1.91. The van der Waals surface area contributed by atoms with Gasteiger partial charge >= 0.3 is 0 Å². The molecule has 0 saturated heterocycles. The molecule has 11 rings (SSSR count). The molecule has 0 fully saturated rings. The molecular weight excluding hydrogens is 645 g/mol. The van der Waals surface area contributed by atoms with E-state index in [0.29, 0.717) is 0 Å². The summed E-state index contributed by atoms with van der Waals surface area (Å²) in [6, 6.07) is 63.5. The summed E-state index contributed by atoms with van der Waals surface area (Å²) in [5.74, 6) is 0. The second-order valence-corrected chi connectivity index (χ2v) is 15.8. The molecule has 0 spiro atoms. The Balaban J connectivity index is 1.17. The van der Waals surface area contributed by atoms with Gasteiger partial charge in [0.2, 0.25) is 0 Å². The van der Waals surface area contributed by atoms with Crippen molar-refractivity contribution in [2.75, 3.05) is 0 Å². The maximum Gasteiger partial charge on any atom is 0.0434 e. The normalized spacial score (nSPS) is 13.3. The molecule has 0 amide bonds. The van der Waals surface area contributed by atoms with Crippen molar-refractivity contribution in [2.45, 2.75) is 19.3 Å². The Labute approximate surface area is 307 Å². The second-order valence-electron chi connectivity index (χ2n) is 14.8. The molecule has 0 saturated carbocycles. The van der Waals surface area contributed by atoms with Crippen LogP contribution in [0, 0.1) is 0 Å². The third-order valence-electron chi connectivity index (χ3n) is 11.7. The van der Waals surface area contributed by atoms with Crippen LogP contribution in [0.4, 0.5) is 0 Å². The lowest BCUT2D eigenvalue weighted by atomic mass is 9.81. The van der Waals surface area contributed by atoms with Gasteiger partial charge in [-0.05, 0) is 94.5 Å². The van der Waals surface area contributed by atoms with Gasteiger partial charge in [0.1, 0.15) is 0 Å². The Morgan fingerprint density at radius 3 is 1.69 bits per heavy atom. The minimum absolute atomic E-state index is 0.0815. The molecule has 1 aliphatic carbocycles. The maximum absolute atomic E-state index is 2.44. The zero-order chi connectivity index (χ0) is 34.6. The molecule has 0 atom stereocenters. The van der Waals surface area contributed by atoms with Crippen LogP contribution < -0.4 is 0 Å². The largest absolute Gasteiger partial charge is 0.135 e. The van der Waals surface area contributed by atoms with Crippen molar-refractivity contribution < 1.29 is 0 Å². The Bertz CT molecular complexity index is 3040. The number of hydrogen-bond donors (Lipinski definition) is 0. The lowest BCUT2D eigenvalue weighted by molar-refractivity contribution is 0.661. The summed E-state index contributed by atoms with van der Waals surface area (Å²) in [5, 5.41) is 10.4. The lowest BCUT2D eigenvalue weighted by Crippen LogP contribution is -2.14. The smallest absolute Gasteiger partial charge is 0.0434 e. The standard InChI is InChI=1S/C51H34S/c1-51(2)43-26-13-23-35(49(43)48-34-17-4-3-14-31(34)28-29-44(48)51)32-15-11-16-33(30-32)46-37-19-5-7-21-39(37)47(40-22-8-6-20-38(40)46)42-25-12-24-41-36-18-9-10-27-45(36)52-50(41)42/h3-30H,1-2H3. The van der Waals surface area contributed by atoms with E-state index in [0.717, 1.165) is 0 Å². The first kappa shape index (κ1) is 29.7. The van der Waals surface area contributed by atoms with Crippen molar-refractivity contribution in [2.24, 2.45) is 0 Å². The zero-order valence-electron chi connectivity index (χ0n) is 29.1. The molecule has 9 aromatic carbocycles. The van der Waals surface area contributed by atoms with Gasteiger partial charge in [0.05, 0.1) is 0 Å². The molecule has 1 heteroatoms. The van der Waals surface area contributed by atoms with Crippen LogP contribution in [-0.2, 0) is 5.41 Å². The van der Waals surface area contributed by atoms with Gasteiger partial charge in [0, 0.05) is 31.2 Å². The van der Waals surface area contributed by atoms with E-state index in [-0.39, 0.29) is 5.41 Å². The molecule has 1 aromatic heterocycles. The van der Waals surface area contributed by atoms with Gasteiger partial charge in [-0.25, -0.2) is 0 Å². The van der Waals surface area contributed by atoms with Gasteiger partial charge in [-0.2, -0.15) is 0 Å².